The van der Waals surface area contributed by atoms with Gasteiger partial charge in [0.15, 0.2) is 5.56 Å². The van der Waals surface area contributed by atoms with Gasteiger partial charge in [-0.25, -0.2) is 0 Å². The number of methoxy groups -OCH3 is 1. The first-order valence-electron chi connectivity index (χ1n) is 5.81. The molecule has 0 bridgehead atoms. The van der Waals surface area contributed by atoms with Crippen LogP contribution in [0.2, 0.25) is 0 Å². The SMILES string of the molecule is COc1cccc([N+](=O)[O-])c1C(=O)Nc1ccccc1. The summed E-state index contributed by atoms with van der Waals surface area (Å²) in [4.78, 5) is 22.6. The van der Waals surface area contributed by atoms with Crippen molar-refractivity contribution in [3.63, 3.8) is 0 Å². The third-order valence-corrected chi connectivity index (χ3v) is 2.68. The molecule has 0 radical (unpaired) electrons. The van der Waals surface area contributed by atoms with Crippen LogP contribution in [0, 0.1) is 10.1 Å². The lowest BCUT2D eigenvalue weighted by Gasteiger charge is -2.09. The molecule has 2 aromatic rings. The molecule has 2 aromatic carbocycles. The second-order valence-corrected chi connectivity index (χ2v) is 3.93. The highest BCUT2D eigenvalue weighted by Gasteiger charge is 2.24. The third kappa shape index (κ3) is 2.74. The van der Waals surface area contributed by atoms with Crippen LogP contribution in [0.15, 0.2) is 48.5 Å². The van der Waals surface area contributed by atoms with Gasteiger partial charge in [-0.15, -0.1) is 0 Å². The van der Waals surface area contributed by atoms with E-state index in [1.807, 2.05) is 0 Å². The number of para-hydroxylation sites is 1. The van der Waals surface area contributed by atoms with Gasteiger partial charge in [0.1, 0.15) is 5.75 Å². The topological polar surface area (TPSA) is 81.5 Å². The van der Waals surface area contributed by atoms with Gasteiger partial charge in [-0.3, -0.25) is 14.9 Å². The number of carbonyl (C=O) groups excluding carboxylic acids is 1. The molecule has 1 amide bonds. The molecule has 0 aromatic heterocycles. The van der Waals surface area contributed by atoms with Crippen molar-refractivity contribution in [1.82, 2.24) is 0 Å². The third-order valence-electron chi connectivity index (χ3n) is 2.68. The number of hydrogen-bond acceptors (Lipinski definition) is 4. The van der Waals surface area contributed by atoms with Crippen molar-refractivity contribution in [2.45, 2.75) is 0 Å². The highest BCUT2D eigenvalue weighted by molar-refractivity contribution is 6.09. The van der Waals surface area contributed by atoms with E-state index in [0.717, 1.165) is 0 Å². The van der Waals surface area contributed by atoms with Crippen LogP contribution in [0.3, 0.4) is 0 Å². The standard InChI is InChI=1S/C14H12N2O4/c1-20-12-9-5-8-11(16(18)19)13(12)14(17)15-10-6-3-2-4-7-10/h2-9H,1H3,(H,15,17). The van der Waals surface area contributed by atoms with Gasteiger partial charge >= 0.3 is 0 Å². The molecule has 6 nitrogen and oxygen atoms in total. The number of nitrogens with one attached hydrogen (secondary N) is 1. The second kappa shape index (κ2) is 5.83. The zero-order valence-corrected chi connectivity index (χ0v) is 10.7. The number of nitro groups is 1. The van der Waals surface area contributed by atoms with Gasteiger partial charge in [0.05, 0.1) is 12.0 Å². The van der Waals surface area contributed by atoms with E-state index in [4.69, 9.17) is 4.74 Å². The number of nitro benzene ring substituents is 1. The van der Waals surface area contributed by atoms with Crippen LogP contribution in [0.25, 0.3) is 0 Å². The molecule has 0 spiro atoms. The number of anilines is 1. The van der Waals surface area contributed by atoms with E-state index in [0.29, 0.717) is 5.69 Å². The highest BCUT2D eigenvalue weighted by atomic mass is 16.6. The van der Waals surface area contributed by atoms with E-state index < -0.39 is 10.8 Å². The molecule has 0 unspecified atom stereocenters. The summed E-state index contributed by atoms with van der Waals surface area (Å²) in [5, 5.41) is 13.6. The monoisotopic (exact) mass is 272 g/mol. The largest absolute Gasteiger partial charge is 0.496 e. The van der Waals surface area contributed by atoms with Gasteiger partial charge in [-0.2, -0.15) is 0 Å². The normalized spacial score (nSPS) is 9.85. The quantitative estimate of drug-likeness (QED) is 0.685. The van der Waals surface area contributed by atoms with Crippen molar-refractivity contribution >= 4 is 17.3 Å². The molecule has 0 saturated carbocycles. The second-order valence-electron chi connectivity index (χ2n) is 3.93. The zero-order valence-electron chi connectivity index (χ0n) is 10.7. The molecule has 0 atom stereocenters. The average Bonchev–Trinajstić information content (AvgIpc) is 2.47. The number of rotatable bonds is 4. The summed E-state index contributed by atoms with van der Waals surface area (Å²) in [5.74, 6) is -0.423. The number of benzene rings is 2. The van der Waals surface area contributed by atoms with Crippen LogP contribution >= 0.6 is 0 Å². The Morgan fingerprint density at radius 3 is 2.45 bits per heavy atom. The number of ether oxygens (including phenoxy) is 1. The molecule has 0 saturated heterocycles. The van der Waals surface area contributed by atoms with E-state index in [1.165, 1.54) is 25.3 Å². The Morgan fingerprint density at radius 2 is 1.85 bits per heavy atom. The number of carbonyl (C=O) groups is 1. The lowest BCUT2D eigenvalue weighted by atomic mass is 10.1. The minimum atomic E-state index is -0.609. The Labute approximate surface area is 115 Å². The van der Waals surface area contributed by atoms with E-state index in [2.05, 4.69) is 5.32 Å². The first-order chi connectivity index (χ1) is 9.63. The molecule has 6 heteroatoms. The Hall–Kier alpha value is -2.89. The molecule has 20 heavy (non-hydrogen) atoms. The maximum absolute atomic E-state index is 12.2. The number of nitrogens with zero attached hydrogens (tertiary/aromatic N) is 1. The van der Waals surface area contributed by atoms with Gasteiger partial charge in [-0.1, -0.05) is 24.3 Å². The minimum Gasteiger partial charge on any atom is -0.496 e. The summed E-state index contributed by atoms with van der Waals surface area (Å²) in [6.07, 6.45) is 0. The molecule has 0 heterocycles. The fourth-order valence-corrected chi connectivity index (χ4v) is 1.79. The number of amides is 1. The first-order valence-corrected chi connectivity index (χ1v) is 5.81. The van der Waals surface area contributed by atoms with Gasteiger partial charge in [-0.05, 0) is 18.2 Å². The molecule has 0 aliphatic rings. The Morgan fingerprint density at radius 1 is 1.15 bits per heavy atom. The summed E-state index contributed by atoms with van der Waals surface area (Å²) < 4.78 is 5.03. The van der Waals surface area contributed by atoms with Gasteiger partial charge in [0, 0.05) is 11.8 Å². The Bertz CT molecular complexity index is 641. The summed E-state index contributed by atoms with van der Waals surface area (Å²) >= 11 is 0. The zero-order chi connectivity index (χ0) is 14.5. The fraction of sp³-hybridized carbons (Fsp3) is 0.0714. The summed E-state index contributed by atoms with van der Waals surface area (Å²) in [7, 11) is 1.36. The Balaban J connectivity index is 2.40. The van der Waals surface area contributed by atoms with Gasteiger partial charge in [0.2, 0.25) is 0 Å². The predicted molar refractivity (Wildman–Crippen MR) is 74.0 cm³/mol. The predicted octanol–water partition coefficient (Wildman–Crippen LogP) is 2.86. The summed E-state index contributed by atoms with van der Waals surface area (Å²) in [6.45, 7) is 0. The molecule has 0 aliphatic heterocycles. The maximum Gasteiger partial charge on any atom is 0.285 e. The lowest BCUT2D eigenvalue weighted by Crippen LogP contribution is -2.15. The van der Waals surface area contributed by atoms with Crippen molar-refractivity contribution in [1.29, 1.82) is 0 Å². The van der Waals surface area contributed by atoms with E-state index in [9.17, 15) is 14.9 Å². The summed E-state index contributed by atoms with van der Waals surface area (Å²) in [5.41, 5.74) is 0.166. The first kappa shape index (κ1) is 13.5. The van der Waals surface area contributed by atoms with E-state index in [-0.39, 0.29) is 17.0 Å². The highest BCUT2D eigenvalue weighted by Crippen LogP contribution is 2.28. The van der Waals surface area contributed by atoms with Crippen LogP contribution in [0.4, 0.5) is 11.4 Å². The molecule has 102 valence electrons. The molecule has 1 N–H and O–H groups in total. The Kier molecular flexibility index (Phi) is 3.95. The van der Waals surface area contributed by atoms with Crippen molar-refractivity contribution in [2.75, 3.05) is 12.4 Å². The van der Waals surface area contributed by atoms with Gasteiger partial charge < -0.3 is 10.1 Å². The average molecular weight is 272 g/mol. The maximum atomic E-state index is 12.2. The molecular formula is C14H12N2O4. The van der Waals surface area contributed by atoms with Crippen LogP contribution < -0.4 is 10.1 Å². The van der Waals surface area contributed by atoms with Crippen molar-refractivity contribution in [2.24, 2.45) is 0 Å². The fourth-order valence-electron chi connectivity index (χ4n) is 1.79. The van der Waals surface area contributed by atoms with Gasteiger partial charge in [0.25, 0.3) is 11.6 Å². The minimum absolute atomic E-state index is 0.0937. The van der Waals surface area contributed by atoms with Crippen molar-refractivity contribution < 1.29 is 14.5 Å². The number of hydrogen-bond donors (Lipinski definition) is 1. The smallest absolute Gasteiger partial charge is 0.285 e. The van der Waals surface area contributed by atoms with E-state index >= 15 is 0 Å². The molecule has 2 rings (SSSR count). The lowest BCUT2D eigenvalue weighted by molar-refractivity contribution is -0.385. The van der Waals surface area contributed by atoms with Crippen molar-refractivity contribution in [3.8, 4) is 5.75 Å². The van der Waals surface area contributed by atoms with E-state index in [1.54, 1.807) is 30.3 Å². The molecule has 0 fully saturated rings. The molecule has 0 aliphatic carbocycles. The van der Waals surface area contributed by atoms with Crippen LogP contribution in [0.5, 0.6) is 5.75 Å². The summed E-state index contributed by atoms with van der Waals surface area (Å²) in [6, 6.07) is 12.9. The van der Waals surface area contributed by atoms with Crippen LogP contribution in [-0.2, 0) is 0 Å². The van der Waals surface area contributed by atoms with Crippen molar-refractivity contribution in [3.05, 3.63) is 64.2 Å². The molecular weight excluding hydrogens is 260 g/mol. The van der Waals surface area contributed by atoms with Crippen LogP contribution in [0.1, 0.15) is 10.4 Å². The van der Waals surface area contributed by atoms with Crippen LogP contribution in [-0.4, -0.2) is 17.9 Å².